The molecule has 144 valence electrons. The Bertz CT molecular complexity index is 778. The molecule has 0 unspecified atom stereocenters. The normalized spacial score (nSPS) is 12.4. The van der Waals surface area contributed by atoms with Gasteiger partial charge in [-0.1, -0.05) is 0 Å². The SMILES string of the molecule is C[Se]CC[C@@H](N)C(=O)[O][Sn]([c]1ccccc1)([c]1ccccc1)[c]1ccccc1. The van der Waals surface area contributed by atoms with E-state index in [1.165, 1.54) is 0 Å². The Morgan fingerprint density at radius 3 is 1.61 bits per heavy atom. The summed E-state index contributed by atoms with van der Waals surface area (Å²) in [6.45, 7) is 0. The summed E-state index contributed by atoms with van der Waals surface area (Å²) in [6.07, 6.45) is 0.676. The topological polar surface area (TPSA) is 52.3 Å². The van der Waals surface area contributed by atoms with E-state index >= 15 is 0 Å². The molecule has 0 amide bonds. The van der Waals surface area contributed by atoms with Crippen LogP contribution in [-0.4, -0.2) is 45.8 Å². The van der Waals surface area contributed by atoms with E-state index in [4.69, 9.17) is 8.81 Å². The number of hydrogen-bond acceptors (Lipinski definition) is 3. The molecule has 0 saturated carbocycles. The van der Waals surface area contributed by atoms with E-state index in [2.05, 4.69) is 42.2 Å². The zero-order valence-electron chi connectivity index (χ0n) is 16.0. The predicted molar refractivity (Wildman–Crippen MR) is 119 cm³/mol. The van der Waals surface area contributed by atoms with E-state index in [1.807, 2.05) is 54.6 Å². The summed E-state index contributed by atoms with van der Waals surface area (Å²) in [5, 5.41) is 0.980. The van der Waals surface area contributed by atoms with E-state index in [0.29, 0.717) is 21.4 Å². The molecule has 0 bridgehead atoms. The summed E-state index contributed by atoms with van der Waals surface area (Å²) in [6, 6.07) is 30.0. The second-order valence-corrected chi connectivity index (χ2v) is 18.1. The van der Waals surface area contributed by atoms with Crippen molar-refractivity contribution in [1.29, 1.82) is 0 Å². The number of carbonyl (C=O) groups excluding carboxylic acids is 1. The van der Waals surface area contributed by atoms with Crippen LogP contribution in [0.25, 0.3) is 0 Å². The van der Waals surface area contributed by atoms with E-state index in [9.17, 15) is 4.79 Å². The fourth-order valence-electron chi connectivity index (χ4n) is 3.28. The van der Waals surface area contributed by atoms with Crippen LogP contribution >= 0.6 is 0 Å². The van der Waals surface area contributed by atoms with Gasteiger partial charge in [-0.25, -0.2) is 0 Å². The van der Waals surface area contributed by atoms with Crippen molar-refractivity contribution in [1.82, 2.24) is 0 Å². The van der Waals surface area contributed by atoms with Crippen LogP contribution in [0.3, 0.4) is 0 Å². The summed E-state index contributed by atoms with van der Waals surface area (Å²) in [4.78, 5) is 13.1. The van der Waals surface area contributed by atoms with Crippen LogP contribution in [0.5, 0.6) is 0 Å². The molecule has 0 heterocycles. The molecule has 1 atom stereocenters. The minimum atomic E-state index is -4.02. The molecule has 28 heavy (non-hydrogen) atoms. The van der Waals surface area contributed by atoms with Gasteiger partial charge < -0.3 is 0 Å². The van der Waals surface area contributed by atoms with E-state index in [0.717, 1.165) is 16.1 Å². The molecule has 0 spiro atoms. The van der Waals surface area contributed by atoms with Crippen LogP contribution in [0.1, 0.15) is 6.42 Å². The fraction of sp³-hybridized carbons (Fsp3) is 0.174. The van der Waals surface area contributed by atoms with Gasteiger partial charge >= 0.3 is 179 Å². The number of nitrogens with two attached hydrogens (primary N) is 1. The number of carbonyl (C=O) groups is 1. The van der Waals surface area contributed by atoms with Crippen molar-refractivity contribution in [3.05, 3.63) is 91.0 Å². The van der Waals surface area contributed by atoms with Crippen LogP contribution < -0.4 is 16.5 Å². The van der Waals surface area contributed by atoms with Crippen LogP contribution in [0.2, 0.25) is 11.1 Å². The molecule has 3 aromatic rings. The summed E-state index contributed by atoms with van der Waals surface area (Å²) in [7, 11) is 0. The third-order valence-corrected chi connectivity index (χ3v) is 17.3. The quantitative estimate of drug-likeness (QED) is 0.442. The maximum atomic E-state index is 13.1. The molecule has 5 heteroatoms. The molecule has 0 saturated heterocycles. The molecular weight excluding hydrogens is 520 g/mol. The number of hydrogen-bond donors (Lipinski definition) is 1. The van der Waals surface area contributed by atoms with Crippen molar-refractivity contribution in [2.75, 3.05) is 0 Å². The Balaban J connectivity index is 2.15. The van der Waals surface area contributed by atoms with Crippen LogP contribution in [-0.2, 0) is 7.87 Å². The Labute approximate surface area is 177 Å². The van der Waals surface area contributed by atoms with Crippen molar-refractivity contribution in [2.45, 2.75) is 23.6 Å². The standard InChI is InChI=1S/3C6H5.C5H11NO2Se.Sn/c3*1-2-4-6-5-3-1;1-9-3-2-4(6)5(7)8;/h3*1-5H;4H,2-3,6H2,1H3,(H,7,8);/q;;;;+1/p-1/t;;;4-;/m...1./s1. The van der Waals surface area contributed by atoms with Gasteiger partial charge in [-0.2, -0.15) is 0 Å². The van der Waals surface area contributed by atoms with Gasteiger partial charge in [0.05, 0.1) is 0 Å². The Morgan fingerprint density at radius 1 is 0.857 bits per heavy atom. The first-order valence-electron chi connectivity index (χ1n) is 9.32. The van der Waals surface area contributed by atoms with Crippen LogP contribution in [0.15, 0.2) is 91.0 Å². The van der Waals surface area contributed by atoms with Crippen molar-refractivity contribution < 1.29 is 7.87 Å². The van der Waals surface area contributed by atoms with Gasteiger partial charge in [-0.3, -0.25) is 0 Å². The predicted octanol–water partition coefficient (Wildman–Crippen LogP) is 2.08. The first-order chi connectivity index (χ1) is 13.7. The molecule has 0 aliphatic rings. The number of benzene rings is 3. The molecule has 3 nitrogen and oxygen atoms in total. The summed E-state index contributed by atoms with van der Waals surface area (Å²) in [5.41, 5.74) is 6.21. The van der Waals surface area contributed by atoms with Gasteiger partial charge in [0.15, 0.2) is 0 Å². The van der Waals surface area contributed by atoms with E-state index < -0.39 is 24.8 Å². The van der Waals surface area contributed by atoms with Gasteiger partial charge in [-0.15, -0.1) is 0 Å². The summed E-state index contributed by atoms with van der Waals surface area (Å²) < 4.78 is 9.83. The first-order valence-corrected chi connectivity index (χ1v) is 17.7. The van der Waals surface area contributed by atoms with Gasteiger partial charge in [0.25, 0.3) is 0 Å². The molecule has 3 rings (SSSR count). The summed E-state index contributed by atoms with van der Waals surface area (Å²) >= 11 is -3.52. The molecule has 2 N–H and O–H groups in total. The molecule has 0 aliphatic carbocycles. The van der Waals surface area contributed by atoms with Crippen molar-refractivity contribution in [3.63, 3.8) is 0 Å². The maximum absolute atomic E-state index is 13.1. The third-order valence-electron chi connectivity index (χ3n) is 4.73. The van der Waals surface area contributed by atoms with Gasteiger partial charge in [0.1, 0.15) is 0 Å². The van der Waals surface area contributed by atoms with Crippen molar-refractivity contribution in [3.8, 4) is 0 Å². The van der Waals surface area contributed by atoms with Crippen LogP contribution in [0, 0.1) is 0 Å². The average Bonchev–Trinajstić information content (AvgIpc) is 2.77. The molecule has 0 fully saturated rings. The molecule has 0 aromatic heterocycles. The van der Waals surface area contributed by atoms with Gasteiger partial charge in [0, 0.05) is 0 Å². The Hall–Kier alpha value is -1.59. The Morgan fingerprint density at radius 2 is 1.25 bits per heavy atom. The first kappa shape index (κ1) is 21.1. The average molecular weight is 545 g/mol. The fourth-order valence-corrected chi connectivity index (χ4v) is 15.1. The van der Waals surface area contributed by atoms with E-state index in [1.54, 1.807) is 0 Å². The zero-order chi connectivity index (χ0) is 19.8. The van der Waals surface area contributed by atoms with Gasteiger partial charge in [-0.05, 0) is 0 Å². The van der Waals surface area contributed by atoms with Gasteiger partial charge in [0.2, 0.25) is 0 Å². The minimum absolute atomic E-state index is 0.281. The molecule has 0 radical (unpaired) electrons. The third kappa shape index (κ3) is 4.69. The number of rotatable bonds is 8. The van der Waals surface area contributed by atoms with Crippen molar-refractivity contribution in [2.24, 2.45) is 5.73 Å². The zero-order valence-corrected chi connectivity index (χ0v) is 20.5. The molecule has 3 aromatic carbocycles. The molecule has 0 aliphatic heterocycles. The van der Waals surface area contributed by atoms with E-state index in [-0.39, 0.29) is 5.97 Å². The second-order valence-electron chi connectivity index (χ2n) is 6.59. The monoisotopic (exact) mass is 547 g/mol. The molecular formula is C23H25NO2SeSn. The summed E-state index contributed by atoms with van der Waals surface area (Å²) in [5.74, 6) is 1.88. The van der Waals surface area contributed by atoms with Crippen molar-refractivity contribution >= 4 is 50.5 Å². The Kier molecular flexibility index (Phi) is 7.74. The van der Waals surface area contributed by atoms with Crippen LogP contribution in [0.4, 0.5) is 0 Å². The second kappa shape index (κ2) is 10.3.